The van der Waals surface area contributed by atoms with E-state index in [2.05, 4.69) is 4.98 Å². The Morgan fingerprint density at radius 1 is 1.60 bits per heavy atom. The lowest BCUT2D eigenvalue weighted by Crippen LogP contribution is -2.14. The molecule has 0 spiro atoms. The number of aromatic nitrogens is 1. The van der Waals surface area contributed by atoms with Gasteiger partial charge in [-0.05, 0) is 12.1 Å². The van der Waals surface area contributed by atoms with Gasteiger partial charge in [0.15, 0.2) is 0 Å². The van der Waals surface area contributed by atoms with Crippen LogP contribution in [0.15, 0.2) is 17.2 Å². The number of thioether (sulfide) groups is 1. The zero-order valence-electron chi connectivity index (χ0n) is 8.38. The highest BCUT2D eigenvalue weighted by molar-refractivity contribution is 7.99. The first-order chi connectivity index (χ1) is 7.17. The maximum absolute atomic E-state index is 9.15. The molecule has 0 saturated heterocycles. The van der Waals surface area contributed by atoms with E-state index in [1.807, 2.05) is 0 Å². The van der Waals surface area contributed by atoms with Crippen LogP contribution in [0, 0.1) is 0 Å². The molecular formula is C9H14N2O3S. The van der Waals surface area contributed by atoms with E-state index in [1.54, 1.807) is 12.1 Å². The van der Waals surface area contributed by atoms with E-state index in [1.165, 1.54) is 18.9 Å². The number of nitrogens with two attached hydrogens (primary N) is 1. The van der Waals surface area contributed by atoms with Crippen LogP contribution < -0.4 is 10.5 Å². The highest BCUT2D eigenvalue weighted by Gasteiger charge is 2.06. The van der Waals surface area contributed by atoms with Crippen molar-refractivity contribution in [2.24, 2.45) is 0 Å². The van der Waals surface area contributed by atoms with Gasteiger partial charge in [-0.25, -0.2) is 4.98 Å². The molecule has 5 nitrogen and oxygen atoms in total. The van der Waals surface area contributed by atoms with Gasteiger partial charge in [0.25, 0.3) is 0 Å². The third-order valence-electron chi connectivity index (χ3n) is 1.69. The van der Waals surface area contributed by atoms with Gasteiger partial charge >= 0.3 is 0 Å². The fourth-order valence-electron chi connectivity index (χ4n) is 0.912. The van der Waals surface area contributed by atoms with Crippen LogP contribution in [0.3, 0.4) is 0 Å². The smallest absolute Gasteiger partial charge is 0.237 e. The standard InChI is InChI=1S/C9H14N2O3S/c1-14-9-7(10)2-3-8(11-9)15-5-6(13)4-12/h2-3,6,12-13H,4-5,10H2,1H3. The molecule has 1 aromatic heterocycles. The number of aliphatic hydroxyl groups excluding tert-OH is 2. The van der Waals surface area contributed by atoms with Crippen molar-refractivity contribution in [1.82, 2.24) is 4.98 Å². The van der Waals surface area contributed by atoms with Crippen molar-refractivity contribution >= 4 is 17.4 Å². The molecule has 0 amide bonds. The molecule has 1 rings (SSSR count). The van der Waals surface area contributed by atoms with Crippen LogP contribution in [0.2, 0.25) is 0 Å². The molecule has 4 N–H and O–H groups in total. The quantitative estimate of drug-likeness (QED) is 0.623. The Bertz CT molecular complexity index is 322. The normalized spacial score (nSPS) is 12.5. The summed E-state index contributed by atoms with van der Waals surface area (Å²) in [4.78, 5) is 4.12. The van der Waals surface area contributed by atoms with Crippen LogP contribution in [0.4, 0.5) is 5.69 Å². The molecule has 0 radical (unpaired) electrons. The van der Waals surface area contributed by atoms with Gasteiger partial charge in [0.2, 0.25) is 5.88 Å². The Balaban J connectivity index is 2.62. The average Bonchev–Trinajstić information content (AvgIpc) is 2.27. The monoisotopic (exact) mass is 230 g/mol. The number of pyridine rings is 1. The minimum absolute atomic E-state index is 0.251. The van der Waals surface area contributed by atoms with Crippen LogP contribution >= 0.6 is 11.8 Å². The molecule has 1 heterocycles. The van der Waals surface area contributed by atoms with Crippen molar-refractivity contribution in [3.63, 3.8) is 0 Å². The number of hydrogen-bond acceptors (Lipinski definition) is 6. The van der Waals surface area contributed by atoms with Gasteiger partial charge in [-0.3, -0.25) is 0 Å². The second-order valence-corrected chi connectivity index (χ2v) is 3.94. The predicted molar refractivity (Wildman–Crippen MR) is 59.0 cm³/mol. The Kier molecular flexibility index (Phi) is 4.67. The van der Waals surface area contributed by atoms with Crippen molar-refractivity contribution in [2.45, 2.75) is 11.1 Å². The summed E-state index contributed by atoms with van der Waals surface area (Å²) in [5, 5.41) is 18.5. The molecule has 0 aromatic carbocycles. The molecule has 1 aromatic rings. The summed E-state index contributed by atoms with van der Waals surface area (Å²) >= 11 is 1.33. The first-order valence-electron chi connectivity index (χ1n) is 4.39. The van der Waals surface area contributed by atoms with Crippen LogP contribution in [0.1, 0.15) is 0 Å². The average molecular weight is 230 g/mol. The Hall–Kier alpha value is -0.980. The van der Waals surface area contributed by atoms with Gasteiger partial charge in [0, 0.05) is 5.75 Å². The van der Waals surface area contributed by atoms with Crippen molar-refractivity contribution < 1.29 is 14.9 Å². The van der Waals surface area contributed by atoms with Crippen LogP contribution in [-0.2, 0) is 0 Å². The number of rotatable bonds is 5. The van der Waals surface area contributed by atoms with Gasteiger partial charge < -0.3 is 20.7 Å². The van der Waals surface area contributed by atoms with Gasteiger partial charge in [-0.1, -0.05) is 0 Å². The zero-order valence-corrected chi connectivity index (χ0v) is 9.20. The number of hydrogen-bond donors (Lipinski definition) is 3. The van der Waals surface area contributed by atoms with Crippen LogP contribution in [0.25, 0.3) is 0 Å². The Morgan fingerprint density at radius 3 is 2.93 bits per heavy atom. The van der Waals surface area contributed by atoms with Crippen molar-refractivity contribution in [2.75, 3.05) is 25.2 Å². The van der Waals surface area contributed by atoms with Gasteiger partial charge in [0.1, 0.15) is 5.03 Å². The summed E-state index contributed by atoms with van der Waals surface area (Å²) < 4.78 is 4.96. The van der Waals surface area contributed by atoms with E-state index >= 15 is 0 Å². The first kappa shape index (κ1) is 12.1. The molecule has 0 fully saturated rings. The molecule has 0 bridgehead atoms. The zero-order chi connectivity index (χ0) is 11.3. The molecule has 84 valence electrons. The number of ether oxygens (including phenoxy) is 1. The lowest BCUT2D eigenvalue weighted by molar-refractivity contribution is 0.113. The Morgan fingerprint density at radius 2 is 2.33 bits per heavy atom. The van der Waals surface area contributed by atoms with Crippen molar-refractivity contribution in [1.29, 1.82) is 0 Å². The molecule has 0 saturated carbocycles. The molecule has 0 aliphatic heterocycles. The highest BCUT2D eigenvalue weighted by atomic mass is 32.2. The van der Waals surface area contributed by atoms with E-state index in [0.717, 1.165) is 0 Å². The topological polar surface area (TPSA) is 88.6 Å². The number of aliphatic hydroxyl groups is 2. The summed E-state index contributed by atoms with van der Waals surface area (Å²) in [5.74, 6) is 0.759. The maximum atomic E-state index is 9.15. The lowest BCUT2D eigenvalue weighted by atomic mass is 10.4. The fraction of sp³-hybridized carbons (Fsp3) is 0.444. The van der Waals surface area contributed by atoms with E-state index in [4.69, 9.17) is 20.7 Å². The lowest BCUT2D eigenvalue weighted by Gasteiger charge is -2.08. The van der Waals surface area contributed by atoms with Crippen molar-refractivity contribution in [3.05, 3.63) is 12.1 Å². The summed E-state index contributed by atoms with van der Waals surface area (Å²) in [5.41, 5.74) is 6.07. The third-order valence-corrected chi connectivity index (χ3v) is 2.77. The fourth-order valence-corrected chi connectivity index (χ4v) is 1.69. The van der Waals surface area contributed by atoms with Crippen LogP contribution in [0.5, 0.6) is 5.88 Å². The van der Waals surface area contributed by atoms with Gasteiger partial charge in [0.05, 0.1) is 25.5 Å². The van der Waals surface area contributed by atoms with Crippen LogP contribution in [-0.4, -0.2) is 40.8 Å². The third kappa shape index (κ3) is 3.58. The van der Waals surface area contributed by atoms with E-state index in [0.29, 0.717) is 22.3 Å². The molecule has 1 unspecified atom stereocenters. The summed E-state index contributed by atoms with van der Waals surface area (Å²) in [7, 11) is 1.50. The van der Waals surface area contributed by atoms with Gasteiger partial charge in [-0.15, -0.1) is 11.8 Å². The minimum Gasteiger partial charge on any atom is -0.480 e. The molecule has 15 heavy (non-hydrogen) atoms. The van der Waals surface area contributed by atoms with E-state index in [-0.39, 0.29) is 6.61 Å². The predicted octanol–water partition coefficient (Wildman–Crippen LogP) is 0.118. The minimum atomic E-state index is -0.736. The number of nitrogen functional groups attached to an aromatic ring is 1. The molecule has 0 aliphatic rings. The number of nitrogens with zero attached hydrogens (tertiary/aromatic N) is 1. The molecular weight excluding hydrogens is 216 g/mol. The highest BCUT2D eigenvalue weighted by Crippen LogP contribution is 2.24. The molecule has 6 heteroatoms. The summed E-state index contributed by atoms with van der Waals surface area (Å²) in [6.45, 7) is -0.251. The van der Waals surface area contributed by atoms with E-state index < -0.39 is 6.10 Å². The molecule has 0 aliphatic carbocycles. The Labute approximate surface area is 92.3 Å². The van der Waals surface area contributed by atoms with Crippen molar-refractivity contribution in [3.8, 4) is 5.88 Å². The largest absolute Gasteiger partial charge is 0.480 e. The summed E-state index contributed by atoms with van der Waals surface area (Å²) in [6.07, 6.45) is -0.736. The second-order valence-electron chi connectivity index (χ2n) is 2.90. The second kappa shape index (κ2) is 5.79. The molecule has 1 atom stereocenters. The van der Waals surface area contributed by atoms with E-state index in [9.17, 15) is 0 Å². The SMILES string of the molecule is COc1nc(SCC(O)CO)ccc1N. The van der Waals surface area contributed by atoms with Gasteiger partial charge in [-0.2, -0.15) is 0 Å². The number of anilines is 1. The maximum Gasteiger partial charge on any atom is 0.237 e. The first-order valence-corrected chi connectivity index (χ1v) is 5.38. The summed E-state index contributed by atoms with van der Waals surface area (Å²) in [6, 6.07) is 3.44. The number of methoxy groups -OCH3 is 1.